The molecule has 1 aliphatic carbocycles. The van der Waals surface area contributed by atoms with Crippen LogP contribution in [0.4, 0.5) is 11.4 Å². The molecule has 0 atom stereocenters. The number of hydrogen-bond acceptors (Lipinski definition) is 5. The molecule has 3 aromatic carbocycles. The van der Waals surface area contributed by atoms with Gasteiger partial charge >= 0.3 is 0 Å². The molecule has 7 heteroatoms. The van der Waals surface area contributed by atoms with Crippen LogP contribution in [-0.2, 0) is 11.2 Å². The second kappa shape index (κ2) is 13.4. The van der Waals surface area contributed by atoms with Crippen LogP contribution < -0.4 is 15.0 Å². The van der Waals surface area contributed by atoms with Crippen molar-refractivity contribution in [3.8, 4) is 17.1 Å². The number of para-hydroxylation sites is 1. The van der Waals surface area contributed by atoms with Crippen molar-refractivity contribution in [2.24, 2.45) is 5.92 Å². The number of hydrogen-bond donors (Lipinski definition) is 2. The van der Waals surface area contributed by atoms with Gasteiger partial charge in [-0.25, -0.2) is 4.98 Å². The molecule has 6 rings (SSSR count). The third-order valence-corrected chi connectivity index (χ3v) is 8.85. The second-order valence-electron chi connectivity index (χ2n) is 11.8. The zero-order valence-corrected chi connectivity index (χ0v) is 24.8. The van der Waals surface area contributed by atoms with Crippen LogP contribution in [0.5, 0.6) is 5.75 Å². The Morgan fingerprint density at radius 3 is 2.45 bits per heavy atom. The molecule has 1 saturated heterocycles. The highest BCUT2D eigenvalue weighted by atomic mass is 16.5. The average Bonchev–Trinajstić information content (AvgIpc) is 3.48. The molecule has 2 N–H and O–H groups in total. The lowest BCUT2D eigenvalue weighted by Gasteiger charge is -2.36. The standard InChI is InChI=1S/C35H43N5O2/c1-2-26-11-13-28(14-12-26)35-37-31-9-6-10-32(34(31)38-35)40-21-19-39(20-22-40)23-24-42-30-17-15-29(16-18-30)36-33(41)25-27-7-4-3-5-8-27/h6,9-18,27H,2-5,7-8,19-25H2,1H3,(H,36,41)(H,37,38). The Hall–Kier alpha value is -3.84. The number of carbonyl (C=O) groups is 1. The van der Waals surface area contributed by atoms with Gasteiger partial charge in [-0.2, -0.15) is 0 Å². The van der Waals surface area contributed by atoms with E-state index in [0.29, 0.717) is 18.9 Å². The zero-order valence-electron chi connectivity index (χ0n) is 24.8. The maximum atomic E-state index is 12.4. The summed E-state index contributed by atoms with van der Waals surface area (Å²) in [6.07, 6.45) is 7.88. The quantitative estimate of drug-likeness (QED) is 0.219. The first-order valence-corrected chi connectivity index (χ1v) is 15.7. The van der Waals surface area contributed by atoms with Gasteiger partial charge in [0.2, 0.25) is 5.91 Å². The number of aromatic amines is 1. The number of nitrogens with one attached hydrogen (secondary N) is 2. The maximum Gasteiger partial charge on any atom is 0.224 e. The van der Waals surface area contributed by atoms with Gasteiger partial charge < -0.3 is 19.9 Å². The van der Waals surface area contributed by atoms with E-state index in [9.17, 15) is 4.79 Å². The van der Waals surface area contributed by atoms with Crippen LogP contribution in [0.15, 0.2) is 66.7 Å². The summed E-state index contributed by atoms with van der Waals surface area (Å²) in [5.74, 6) is 2.43. The van der Waals surface area contributed by atoms with E-state index in [2.05, 4.69) is 69.5 Å². The minimum Gasteiger partial charge on any atom is -0.492 e. The molecule has 0 radical (unpaired) electrons. The van der Waals surface area contributed by atoms with Crippen LogP contribution in [0.1, 0.15) is 51.0 Å². The molecule has 7 nitrogen and oxygen atoms in total. The third kappa shape index (κ3) is 6.96. The number of imidazole rings is 1. The van der Waals surface area contributed by atoms with Crippen molar-refractivity contribution in [2.45, 2.75) is 51.9 Å². The Balaban J connectivity index is 0.962. The van der Waals surface area contributed by atoms with E-state index < -0.39 is 0 Å². The van der Waals surface area contributed by atoms with Crippen molar-refractivity contribution in [2.75, 3.05) is 49.5 Å². The van der Waals surface area contributed by atoms with E-state index in [0.717, 1.165) is 73.0 Å². The fourth-order valence-electron chi connectivity index (χ4n) is 6.31. The summed E-state index contributed by atoms with van der Waals surface area (Å²) in [5, 5.41) is 3.05. The summed E-state index contributed by atoms with van der Waals surface area (Å²) in [7, 11) is 0. The van der Waals surface area contributed by atoms with Crippen molar-refractivity contribution in [3.63, 3.8) is 0 Å². The van der Waals surface area contributed by atoms with Gasteiger partial charge in [0.15, 0.2) is 0 Å². The normalized spacial score (nSPS) is 16.5. The number of H-pyrrole nitrogens is 1. The lowest BCUT2D eigenvalue weighted by Crippen LogP contribution is -2.47. The van der Waals surface area contributed by atoms with Crippen molar-refractivity contribution in [1.82, 2.24) is 14.9 Å². The lowest BCUT2D eigenvalue weighted by atomic mass is 9.87. The van der Waals surface area contributed by atoms with E-state index >= 15 is 0 Å². The molecule has 1 saturated carbocycles. The van der Waals surface area contributed by atoms with E-state index in [1.165, 1.54) is 43.4 Å². The number of aryl methyl sites for hydroxylation is 1. The summed E-state index contributed by atoms with van der Waals surface area (Å²) < 4.78 is 6.04. The Kier molecular flexibility index (Phi) is 9.04. The van der Waals surface area contributed by atoms with E-state index in [4.69, 9.17) is 9.72 Å². The molecule has 0 unspecified atom stereocenters. The predicted molar refractivity (Wildman–Crippen MR) is 171 cm³/mol. The third-order valence-electron chi connectivity index (χ3n) is 8.85. The fraction of sp³-hybridized carbons (Fsp3) is 0.429. The minimum atomic E-state index is 0.125. The first kappa shape index (κ1) is 28.3. The Morgan fingerprint density at radius 1 is 0.952 bits per heavy atom. The average molecular weight is 566 g/mol. The van der Waals surface area contributed by atoms with Gasteiger partial charge in [-0.3, -0.25) is 9.69 Å². The Bertz CT molecular complexity index is 1450. The monoisotopic (exact) mass is 565 g/mol. The van der Waals surface area contributed by atoms with Crippen LogP contribution in [0.2, 0.25) is 0 Å². The number of carbonyl (C=O) groups excluding carboxylic acids is 1. The number of aromatic nitrogens is 2. The minimum absolute atomic E-state index is 0.125. The highest BCUT2D eigenvalue weighted by Crippen LogP contribution is 2.30. The Labute approximate surface area is 249 Å². The number of piperazine rings is 1. The van der Waals surface area contributed by atoms with Gasteiger partial charge in [0.25, 0.3) is 0 Å². The van der Waals surface area contributed by atoms with Gasteiger partial charge in [0.05, 0.1) is 11.2 Å². The smallest absolute Gasteiger partial charge is 0.224 e. The molecule has 42 heavy (non-hydrogen) atoms. The molecule has 2 fully saturated rings. The number of fused-ring (bicyclic) bond motifs is 1. The largest absolute Gasteiger partial charge is 0.492 e. The van der Waals surface area contributed by atoms with Gasteiger partial charge in [-0.15, -0.1) is 0 Å². The zero-order chi connectivity index (χ0) is 28.7. The summed E-state index contributed by atoms with van der Waals surface area (Å²) >= 11 is 0. The molecule has 220 valence electrons. The SMILES string of the molecule is CCc1ccc(-c2nc3c(N4CCN(CCOc5ccc(NC(=O)CC6CCCCC6)cc5)CC4)cccc3[nH]2)cc1. The van der Waals surface area contributed by atoms with Crippen LogP contribution in [0.25, 0.3) is 22.4 Å². The van der Waals surface area contributed by atoms with Crippen molar-refractivity contribution in [1.29, 1.82) is 0 Å². The lowest BCUT2D eigenvalue weighted by molar-refractivity contribution is -0.117. The van der Waals surface area contributed by atoms with E-state index in [-0.39, 0.29) is 5.91 Å². The van der Waals surface area contributed by atoms with E-state index in [1.54, 1.807) is 0 Å². The topological polar surface area (TPSA) is 73.5 Å². The molecular weight excluding hydrogens is 522 g/mol. The number of anilines is 2. The summed E-state index contributed by atoms with van der Waals surface area (Å²) in [6, 6.07) is 22.9. The van der Waals surface area contributed by atoms with Crippen LogP contribution >= 0.6 is 0 Å². The molecule has 4 aromatic rings. The van der Waals surface area contributed by atoms with Crippen LogP contribution in [0.3, 0.4) is 0 Å². The molecule has 2 aliphatic rings. The molecular formula is C35H43N5O2. The molecule has 1 aromatic heterocycles. The number of benzene rings is 3. The van der Waals surface area contributed by atoms with Crippen molar-refractivity contribution >= 4 is 28.3 Å². The van der Waals surface area contributed by atoms with Gasteiger partial charge in [0.1, 0.15) is 23.7 Å². The second-order valence-corrected chi connectivity index (χ2v) is 11.8. The van der Waals surface area contributed by atoms with Crippen LogP contribution in [-0.4, -0.2) is 60.1 Å². The fourth-order valence-corrected chi connectivity index (χ4v) is 6.31. The Morgan fingerprint density at radius 2 is 1.71 bits per heavy atom. The maximum absolute atomic E-state index is 12.4. The number of rotatable bonds is 10. The summed E-state index contributed by atoms with van der Waals surface area (Å²) in [4.78, 5) is 25.9. The number of nitrogens with zero attached hydrogens (tertiary/aromatic N) is 3. The van der Waals surface area contributed by atoms with Crippen molar-refractivity contribution < 1.29 is 9.53 Å². The molecule has 1 amide bonds. The van der Waals surface area contributed by atoms with Gasteiger partial charge in [-0.05, 0) is 67.1 Å². The number of amides is 1. The highest BCUT2D eigenvalue weighted by Gasteiger charge is 2.21. The van der Waals surface area contributed by atoms with Crippen molar-refractivity contribution in [3.05, 3.63) is 72.3 Å². The molecule has 2 heterocycles. The predicted octanol–water partition coefficient (Wildman–Crippen LogP) is 6.90. The molecule has 0 bridgehead atoms. The summed E-state index contributed by atoms with van der Waals surface area (Å²) in [6.45, 7) is 7.60. The molecule has 0 spiro atoms. The van der Waals surface area contributed by atoms with Gasteiger partial charge in [0, 0.05) is 50.4 Å². The van der Waals surface area contributed by atoms with E-state index in [1.807, 2.05) is 24.3 Å². The first-order valence-electron chi connectivity index (χ1n) is 15.7. The van der Waals surface area contributed by atoms with Gasteiger partial charge in [-0.1, -0.05) is 56.5 Å². The first-order chi connectivity index (χ1) is 20.6. The molecule has 1 aliphatic heterocycles. The summed E-state index contributed by atoms with van der Waals surface area (Å²) in [5.41, 5.74) is 6.61. The number of ether oxygens (including phenoxy) is 1. The highest BCUT2D eigenvalue weighted by molar-refractivity contribution is 5.91. The van der Waals surface area contributed by atoms with Crippen LogP contribution in [0, 0.1) is 5.92 Å².